The first-order chi connectivity index (χ1) is 11.9. The molecule has 2 aromatic carbocycles. The quantitative estimate of drug-likeness (QED) is 0.792. The molecule has 1 fully saturated rings. The first-order valence-corrected chi connectivity index (χ1v) is 8.13. The van der Waals surface area contributed by atoms with Crippen LogP contribution in [0.5, 0.6) is 0 Å². The number of amides is 2. The van der Waals surface area contributed by atoms with Gasteiger partial charge < -0.3 is 16.2 Å². The molecule has 3 rings (SSSR count). The van der Waals surface area contributed by atoms with Crippen LogP contribution < -0.4 is 11.1 Å². The van der Waals surface area contributed by atoms with Crippen LogP contribution in [0.3, 0.4) is 0 Å². The molecule has 0 bridgehead atoms. The summed E-state index contributed by atoms with van der Waals surface area (Å²) in [6.07, 6.45) is 2.06. The number of nitrogens with one attached hydrogen (secondary N) is 1. The molecule has 2 amide bonds. The van der Waals surface area contributed by atoms with E-state index in [0.29, 0.717) is 29.5 Å². The van der Waals surface area contributed by atoms with Crippen LogP contribution in [0.15, 0.2) is 42.5 Å². The van der Waals surface area contributed by atoms with Gasteiger partial charge in [0.1, 0.15) is 5.82 Å². The average Bonchev–Trinajstić information content (AvgIpc) is 3.04. The zero-order valence-corrected chi connectivity index (χ0v) is 13.6. The summed E-state index contributed by atoms with van der Waals surface area (Å²) in [7, 11) is 0. The Kier molecular flexibility index (Phi) is 4.44. The fourth-order valence-electron chi connectivity index (χ4n) is 3.55. The molecule has 0 radical (unpaired) electrons. The van der Waals surface area contributed by atoms with Crippen molar-refractivity contribution < 1.29 is 19.1 Å². The summed E-state index contributed by atoms with van der Waals surface area (Å²) in [5, 5.41) is 11.8. The number of halogens is 1. The fraction of sp³-hybridized carbons (Fsp3) is 0.263. The van der Waals surface area contributed by atoms with Gasteiger partial charge in [-0.15, -0.1) is 0 Å². The topological polar surface area (TPSA) is 92.4 Å². The molecule has 0 aliphatic heterocycles. The molecule has 6 heteroatoms. The van der Waals surface area contributed by atoms with E-state index in [1.165, 1.54) is 12.1 Å². The van der Waals surface area contributed by atoms with Gasteiger partial charge in [0.05, 0.1) is 5.54 Å². The van der Waals surface area contributed by atoms with Crippen LogP contribution in [0, 0.1) is 5.82 Å². The third-order valence-electron chi connectivity index (χ3n) is 4.78. The maximum Gasteiger partial charge on any atom is 0.405 e. The molecule has 0 spiro atoms. The number of carboxylic acid groups (broad SMARTS) is 1. The molecule has 1 aliphatic rings. The number of carbonyl (C=O) groups is 2. The van der Waals surface area contributed by atoms with Crippen molar-refractivity contribution in [3.05, 3.63) is 59.4 Å². The molecule has 0 unspecified atom stereocenters. The second kappa shape index (κ2) is 6.55. The highest BCUT2D eigenvalue weighted by Gasteiger charge is 2.37. The normalized spacial score (nSPS) is 15.7. The lowest BCUT2D eigenvalue weighted by Gasteiger charge is -2.30. The summed E-state index contributed by atoms with van der Waals surface area (Å²) >= 11 is 0. The number of hydrogen-bond acceptors (Lipinski definition) is 2. The van der Waals surface area contributed by atoms with E-state index in [0.717, 1.165) is 18.4 Å². The van der Waals surface area contributed by atoms with E-state index in [4.69, 9.17) is 5.73 Å². The SMILES string of the molecule is NC(=O)c1cccc(-c2cc(C3(NC(=O)O)CCCC3)ccc2F)c1. The van der Waals surface area contributed by atoms with E-state index in [1.807, 2.05) is 0 Å². The van der Waals surface area contributed by atoms with E-state index in [2.05, 4.69) is 5.32 Å². The molecule has 2 aromatic rings. The number of primary amides is 1. The second-order valence-corrected chi connectivity index (χ2v) is 6.36. The summed E-state index contributed by atoms with van der Waals surface area (Å²) in [4.78, 5) is 22.6. The highest BCUT2D eigenvalue weighted by molar-refractivity contribution is 5.94. The van der Waals surface area contributed by atoms with Crippen molar-refractivity contribution >= 4 is 12.0 Å². The highest BCUT2D eigenvalue weighted by Crippen LogP contribution is 2.40. The maximum atomic E-state index is 14.4. The number of rotatable bonds is 4. The number of nitrogens with two attached hydrogens (primary N) is 1. The second-order valence-electron chi connectivity index (χ2n) is 6.36. The van der Waals surface area contributed by atoms with Gasteiger partial charge in [-0.05, 0) is 48.2 Å². The van der Waals surface area contributed by atoms with Gasteiger partial charge in [-0.3, -0.25) is 4.79 Å². The van der Waals surface area contributed by atoms with E-state index < -0.39 is 23.4 Å². The molecule has 0 saturated heterocycles. The van der Waals surface area contributed by atoms with Crippen molar-refractivity contribution in [2.45, 2.75) is 31.2 Å². The molecule has 130 valence electrons. The zero-order chi connectivity index (χ0) is 18.0. The Morgan fingerprint density at radius 2 is 1.84 bits per heavy atom. The van der Waals surface area contributed by atoms with E-state index in [1.54, 1.807) is 30.3 Å². The third kappa shape index (κ3) is 3.33. The first kappa shape index (κ1) is 17.0. The van der Waals surface area contributed by atoms with Gasteiger partial charge in [-0.2, -0.15) is 0 Å². The van der Waals surface area contributed by atoms with E-state index >= 15 is 0 Å². The van der Waals surface area contributed by atoms with Crippen molar-refractivity contribution in [1.29, 1.82) is 0 Å². The van der Waals surface area contributed by atoms with Crippen molar-refractivity contribution in [1.82, 2.24) is 5.32 Å². The van der Waals surface area contributed by atoms with Gasteiger partial charge in [-0.1, -0.05) is 31.0 Å². The van der Waals surface area contributed by atoms with Crippen LogP contribution in [0.25, 0.3) is 11.1 Å². The number of hydrogen-bond donors (Lipinski definition) is 3. The number of carbonyl (C=O) groups excluding carboxylic acids is 1. The summed E-state index contributed by atoms with van der Waals surface area (Å²) in [6.45, 7) is 0. The Hall–Kier alpha value is -2.89. The van der Waals surface area contributed by atoms with Crippen molar-refractivity contribution in [2.24, 2.45) is 5.73 Å². The van der Waals surface area contributed by atoms with Crippen molar-refractivity contribution in [3.63, 3.8) is 0 Å². The third-order valence-corrected chi connectivity index (χ3v) is 4.78. The van der Waals surface area contributed by atoms with Gasteiger partial charge in [-0.25, -0.2) is 9.18 Å². The monoisotopic (exact) mass is 342 g/mol. The molecule has 1 saturated carbocycles. The van der Waals surface area contributed by atoms with Crippen LogP contribution in [-0.2, 0) is 5.54 Å². The minimum absolute atomic E-state index is 0.293. The van der Waals surface area contributed by atoms with Crippen molar-refractivity contribution in [3.8, 4) is 11.1 Å². The van der Waals surface area contributed by atoms with E-state index in [9.17, 15) is 19.1 Å². The average molecular weight is 342 g/mol. The zero-order valence-electron chi connectivity index (χ0n) is 13.6. The first-order valence-electron chi connectivity index (χ1n) is 8.13. The summed E-state index contributed by atoms with van der Waals surface area (Å²) < 4.78 is 14.4. The fourth-order valence-corrected chi connectivity index (χ4v) is 3.55. The summed E-state index contributed by atoms with van der Waals surface area (Å²) in [6, 6.07) is 11.1. The molecule has 0 aromatic heterocycles. The predicted octanol–water partition coefficient (Wildman–Crippen LogP) is 3.63. The van der Waals surface area contributed by atoms with Crippen LogP contribution in [0.2, 0.25) is 0 Å². The summed E-state index contributed by atoms with van der Waals surface area (Å²) in [5.74, 6) is -1.02. The maximum absolute atomic E-state index is 14.4. The van der Waals surface area contributed by atoms with Gasteiger partial charge >= 0.3 is 6.09 Å². The van der Waals surface area contributed by atoms with E-state index in [-0.39, 0.29) is 0 Å². The van der Waals surface area contributed by atoms with Crippen LogP contribution in [0.1, 0.15) is 41.6 Å². The Morgan fingerprint density at radius 3 is 2.48 bits per heavy atom. The highest BCUT2D eigenvalue weighted by atomic mass is 19.1. The minimum atomic E-state index is -1.09. The minimum Gasteiger partial charge on any atom is -0.465 e. The van der Waals surface area contributed by atoms with Gasteiger partial charge in [0, 0.05) is 11.1 Å². The van der Waals surface area contributed by atoms with Gasteiger partial charge in [0.2, 0.25) is 5.91 Å². The molecule has 5 nitrogen and oxygen atoms in total. The van der Waals surface area contributed by atoms with Gasteiger partial charge in [0.15, 0.2) is 0 Å². The van der Waals surface area contributed by atoms with Crippen molar-refractivity contribution in [2.75, 3.05) is 0 Å². The Labute approximate surface area is 144 Å². The molecule has 1 aliphatic carbocycles. The lowest BCUT2D eigenvalue weighted by Crippen LogP contribution is -2.43. The Balaban J connectivity index is 2.08. The standard InChI is InChI=1S/C19H19FN2O3/c20-16-7-6-14(19(22-18(24)25)8-1-2-9-19)11-15(16)12-4-3-5-13(10-12)17(21)23/h3-7,10-11,22H,1-2,8-9H2,(H2,21,23)(H,24,25). The predicted molar refractivity (Wildman–Crippen MR) is 91.7 cm³/mol. The van der Waals surface area contributed by atoms with Crippen LogP contribution >= 0.6 is 0 Å². The smallest absolute Gasteiger partial charge is 0.405 e. The summed E-state index contributed by atoms with van der Waals surface area (Å²) in [5.41, 5.74) is 6.47. The van der Waals surface area contributed by atoms with Crippen LogP contribution in [-0.4, -0.2) is 17.1 Å². The lowest BCUT2D eigenvalue weighted by atomic mass is 9.86. The van der Waals surface area contributed by atoms with Gasteiger partial charge in [0.25, 0.3) is 0 Å². The molecule has 4 N–H and O–H groups in total. The Morgan fingerprint density at radius 1 is 1.12 bits per heavy atom. The number of benzene rings is 2. The molecular weight excluding hydrogens is 323 g/mol. The largest absolute Gasteiger partial charge is 0.465 e. The molecule has 0 heterocycles. The Bertz CT molecular complexity index is 829. The lowest BCUT2D eigenvalue weighted by molar-refractivity contribution is 0.1000. The van der Waals surface area contributed by atoms with Crippen LogP contribution in [0.4, 0.5) is 9.18 Å². The molecular formula is C19H19FN2O3. The molecule has 25 heavy (non-hydrogen) atoms. The molecule has 0 atom stereocenters.